The fraction of sp³-hybridized carbons (Fsp3) is 0.400. The average molecular weight is 205 g/mol. The lowest BCUT2D eigenvalue weighted by Gasteiger charge is -1.96. The summed E-state index contributed by atoms with van der Waals surface area (Å²) in [6, 6.07) is 1.95. The van der Waals surface area contributed by atoms with Crippen LogP contribution in [0.15, 0.2) is 12.3 Å². The smallest absolute Gasteiger partial charge is 0.125 e. The van der Waals surface area contributed by atoms with E-state index in [9.17, 15) is 0 Å². The van der Waals surface area contributed by atoms with Gasteiger partial charge in [0.15, 0.2) is 0 Å². The first-order valence-electron chi connectivity index (χ1n) is 4.94. The van der Waals surface area contributed by atoms with Crippen molar-refractivity contribution in [2.24, 2.45) is 14.1 Å². The maximum absolute atomic E-state index is 5.92. The first-order chi connectivity index (χ1) is 7.13. The Hall–Kier alpha value is -1.78. The Morgan fingerprint density at radius 3 is 2.60 bits per heavy atom. The van der Waals surface area contributed by atoms with Crippen molar-refractivity contribution in [3.63, 3.8) is 0 Å². The van der Waals surface area contributed by atoms with Gasteiger partial charge in [0.1, 0.15) is 17.2 Å². The molecule has 0 aliphatic carbocycles. The maximum atomic E-state index is 5.92. The molecule has 5 heteroatoms. The minimum Gasteiger partial charge on any atom is -0.384 e. The number of aryl methyl sites for hydroxylation is 2. The molecule has 2 aromatic rings. The highest BCUT2D eigenvalue weighted by Gasteiger charge is 2.15. The summed E-state index contributed by atoms with van der Waals surface area (Å²) in [4.78, 5) is 0. The molecular formula is C10H15N5. The molecule has 0 fully saturated rings. The zero-order valence-corrected chi connectivity index (χ0v) is 9.23. The molecule has 5 nitrogen and oxygen atoms in total. The molecule has 0 atom stereocenters. The van der Waals surface area contributed by atoms with Crippen molar-refractivity contribution in [1.29, 1.82) is 0 Å². The van der Waals surface area contributed by atoms with E-state index in [0.29, 0.717) is 0 Å². The number of anilines is 1. The highest BCUT2D eigenvalue weighted by molar-refractivity contribution is 5.65. The molecule has 80 valence electrons. The van der Waals surface area contributed by atoms with Crippen LogP contribution in [0.1, 0.15) is 12.5 Å². The van der Waals surface area contributed by atoms with Gasteiger partial charge < -0.3 is 5.73 Å². The van der Waals surface area contributed by atoms with Gasteiger partial charge in [0.25, 0.3) is 0 Å². The first kappa shape index (κ1) is 9.76. The molecule has 0 aliphatic heterocycles. The van der Waals surface area contributed by atoms with Gasteiger partial charge in [-0.3, -0.25) is 9.36 Å². The summed E-state index contributed by atoms with van der Waals surface area (Å²) in [7, 11) is 3.74. The van der Waals surface area contributed by atoms with Crippen molar-refractivity contribution < 1.29 is 0 Å². The summed E-state index contributed by atoms with van der Waals surface area (Å²) in [6.07, 6.45) is 2.77. The second-order valence-electron chi connectivity index (χ2n) is 3.56. The fourth-order valence-electron chi connectivity index (χ4n) is 1.68. The molecule has 0 aliphatic rings. The summed E-state index contributed by atoms with van der Waals surface area (Å²) in [5.41, 5.74) is 8.75. The SMILES string of the molecule is CCc1c(-c2ccn(C)n2)nn(C)c1N. The summed E-state index contributed by atoms with van der Waals surface area (Å²) < 4.78 is 3.46. The van der Waals surface area contributed by atoms with E-state index < -0.39 is 0 Å². The molecule has 0 aromatic carbocycles. The molecule has 0 unspecified atom stereocenters. The Labute approximate surface area is 88.5 Å². The monoisotopic (exact) mass is 205 g/mol. The number of rotatable bonds is 2. The normalized spacial score (nSPS) is 10.9. The summed E-state index contributed by atoms with van der Waals surface area (Å²) >= 11 is 0. The minimum absolute atomic E-state index is 0.721. The molecule has 0 spiro atoms. The quantitative estimate of drug-likeness (QED) is 0.794. The zero-order chi connectivity index (χ0) is 11.0. The van der Waals surface area contributed by atoms with E-state index >= 15 is 0 Å². The van der Waals surface area contributed by atoms with Crippen molar-refractivity contribution in [3.05, 3.63) is 17.8 Å². The van der Waals surface area contributed by atoms with E-state index in [2.05, 4.69) is 17.1 Å². The number of nitrogens with zero attached hydrogens (tertiary/aromatic N) is 4. The van der Waals surface area contributed by atoms with E-state index in [1.165, 1.54) is 0 Å². The topological polar surface area (TPSA) is 61.7 Å². The number of hydrogen-bond acceptors (Lipinski definition) is 3. The summed E-state index contributed by atoms with van der Waals surface area (Å²) in [6.45, 7) is 2.07. The second-order valence-corrected chi connectivity index (χ2v) is 3.56. The molecule has 0 radical (unpaired) electrons. The first-order valence-corrected chi connectivity index (χ1v) is 4.94. The lowest BCUT2D eigenvalue weighted by molar-refractivity contribution is 0.760. The fourth-order valence-corrected chi connectivity index (χ4v) is 1.68. The Morgan fingerprint density at radius 1 is 1.33 bits per heavy atom. The second kappa shape index (κ2) is 3.42. The lowest BCUT2D eigenvalue weighted by atomic mass is 10.1. The Morgan fingerprint density at radius 2 is 2.07 bits per heavy atom. The van der Waals surface area contributed by atoms with Crippen LogP contribution in [0.3, 0.4) is 0 Å². The maximum Gasteiger partial charge on any atom is 0.125 e. The molecule has 0 saturated heterocycles. The van der Waals surface area contributed by atoms with Gasteiger partial charge in [0.05, 0.1) is 0 Å². The van der Waals surface area contributed by atoms with Gasteiger partial charge in [-0.1, -0.05) is 6.92 Å². The van der Waals surface area contributed by atoms with E-state index in [4.69, 9.17) is 5.73 Å². The molecule has 2 rings (SSSR count). The van der Waals surface area contributed by atoms with Crippen LogP contribution in [-0.2, 0) is 20.5 Å². The summed E-state index contributed by atoms with van der Waals surface area (Å²) in [5.74, 6) is 0.721. The van der Waals surface area contributed by atoms with Crippen LogP contribution in [0.25, 0.3) is 11.4 Å². The lowest BCUT2D eigenvalue weighted by Crippen LogP contribution is -1.98. The van der Waals surface area contributed by atoms with Crippen LogP contribution >= 0.6 is 0 Å². The van der Waals surface area contributed by atoms with E-state index in [1.807, 2.05) is 26.4 Å². The summed E-state index contributed by atoms with van der Waals surface area (Å²) in [5, 5.41) is 8.71. The van der Waals surface area contributed by atoms with E-state index in [-0.39, 0.29) is 0 Å². The zero-order valence-electron chi connectivity index (χ0n) is 9.23. The van der Waals surface area contributed by atoms with Gasteiger partial charge in [0.2, 0.25) is 0 Å². The third-order valence-electron chi connectivity index (χ3n) is 2.50. The molecule has 0 bridgehead atoms. The highest BCUT2D eigenvalue weighted by Crippen LogP contribution is 2.25. The standard InChI is InChI=1S/C10H15N5/c1-4-7-9(13-15(3)10(7)11)8-5-6-14(2)12-8/h5-6H,4,11H2,1-3H3. The van der Waals surface area contributed by atoms with Crippen LogP contribution in [0, 0.1) is 0 Å². The molecule has 0 amide bonds. The van der Waals surface area contributed by atoms with Crippen LogP contribution in [0.4, 0.5) is 5.82 Å². The molecule has 2 heterocycles. The minimum atomic E-state index is 0.721. The van der Waals surface area contributed by atoms with E-state index in [1.54, 1.807) is 9.36 Å². The Bertz CT molecular complexity index is 480. The predicted molar refractivity (Wildman–Crippen MR) is 59.2 cm³/mol. The van der Waals surface area contributed by atoms with Crippen molar-refractivity contribution in [3.8, 4) is 11.4 Å². The van der Waals surface area contributed by atoms with Gasteiger partial charge in [0, 0.05) is 25.9 Å². The third-order valence-corrected chi connectivity index (χ3v) is 2.50. The predicted octanol–water partition coefficient (Wildman–Crippen LogP) is 0.965. The van der Waals surface area contributed by atoms with Crippen molar-refractivity contribution in [2.45, 2.75) is 13.3 Å². The molecule has 0 saturated carbocycles. The van der Waals surface area contributed by atoms with Crippen LogP contribution in [0.5, 0.6) is 0 Å². The molecule has 15 heavy (non-hydrogen) atoms. The van der Waals surface area contributed by atoms with Crippen LogP contribution in [-0.4, -0.2) is 19.6 Å². The Balaban J connectivity index is 2.57. The van der Waals surface area contributed by atoms with Crippen molar-refractivity contribution >= 4 is 5.82 Å². The van der Waals surface area contributed by atoms with Gasteiger partial charge in [-0.05, 0) is 12.5 Å². The molecule has 2 aromatic heterocycles. The highest BCUT2D eigenvalue weighted by atomic mass is 15.3. The van der Waals surface area contributed by atoms with Gasteiger partial charge in [-0.25, -0.2) is 0 Å². The van der Waals surface area contributed by atoms with Crippen LogP contribution < -0.4 is 5.73 Å². The van der Waals surface area contributed by atoms with E-state index in [0.717, 1.165) is 29.2 Å². The number of nitrogen functional groups attached to an aromatic ring is 1. The van der Waals surface area contributed by atoms with Crippen molar-refractivity contribution in [1.82, 2.24) is 19.6 Å². The largest absolute Gasteiger partial charge is 0.384 e. The van der Waals surface area contributed by atoms with Gasteiger partial charge in [-0.15, -0.1) is 0 Å². The van der Waals surface area contributed by atoms with Gasteiger partial charge in [-0.2, -0.15) is 10.2 Å². The number of nitrogens with two attached hydrogens (primary N) is 1. The van der Waals surface area contributed by atoms with Crippen LogP contribution in [0.2, 0.25) is 0 Å². The average Bonchev–Trinajstić information content (AvgIpc) is 2.73. The number of hydrogen-bond donors (Lipinski definition) is 1. The van der Waals surface area contributed by atoms with Crippen molar-refractivity contribution in [2.75, 3.05) is 5.73 Å². The van der Waals surface area contributed by atoms with Gasteiger partial charge >= 0.3 is 0 Å². The number of aromatic nitrogens is 4. The molecule has 2 N–H and O–H groups in total. The Kier molecular flexibility index (Phi) is 2.22. The molecular weight excluding hydrogens is 190 g/mol. The third kappa shape index (κ3) is 1.49.